The Hall–Kier alpha value is -1.51. The van der Waals surface area contributed by atoms with E-state index in [-0.39, 0.29) is 6.04 Å². The first-order valence-electron chi connectivity index (χ1n) is 6.75. The maximum Gasteiger partial charge on any atom is 0.132 e. The third kappa shape index (κ3) is 3.53. The second-order valence-corrected chi connectivity index (χ2v) is 5.67. The standard InChI is InChI=1S/C17H20ClNO/c1-11-5-4-6-16(13(11)3)20-17-10-15(18)8-7-14(17)9-12(2)19/h4-8,10,12H,9,19H2,1-3H3. The van der Waals surface area contributed by atoms with Gasteiger partial charge in [0.15, 0.2) is 0 Å². The zero-order valence-corrected chi connectivity index (χ0v) is 12.9. The second kappa shape index (κ2) is 6.29. The molecule has 0 fully saturated rings. The minimum absolute atomic E-state index is 0.0807. The number of rotatable bonds is 4. The fourth-order valence-corrected chi connectivity index (χ4v) is 2.25. The minimum atomic E-state index is 0.0807. The minimum Gasteiger partial charge on any atom is -0.457 e. The van der Waals surface area contributed by atoms with Gasteiger partial charge in [-0.05, 0) is 62.1 Å². The summed E-state index contributed by atoms with van der Waals surface area (Å²) in [6.45, 7) is 6.11. The van der Waals surface area contributed by atoms with Gasteiger partial charge in [0.05, 0.1) is 0 Å². The Morgan fingerprint density at radius 2 is 1.90 bits per heavy atom. The summed E-state index contributed by atoms with van der Waals surface area (Å²) in [5, 5.41) is 0.665. The van der Waals surface area contributed by atoms with Crippen LogP contribution in [0.2, 0.25) is 5.02 Å². The summed E-state index contributed by atoms with van der Waals surface area (Å²) < 4.78 is 6.06. The first-order valence-corrected chi connectivity index (χ1v) is 7.13. The molecule has 0 aliphatic rings. The molecule has 2 N–H and O–H groups in total. The number of ether oxygens (including phenoxy) is 1. The molecule has 20 heavy (non-hydrogen) atoms. The summed E-state index contributed by atoms with van der Waals surface area (Å²) in [5.74, 6) is 1.64. The highest BCUT2D eigenvalue weighted by Crippen LogP contribution is 2.31. The highest BCUT2D eigenvalue weighted by atomic mass is 35.5. The Labute approximate surface area is 125 Å². The van der Waals surface area contributed by atoms with Crippen LogP contribution in [0.1, 0.15) is 23.6 Å². The van der Waals surface area contributed by atoms with Crippen LogP contribution >= 0.6 is 11.6 Å². The van der Waals surface area contributed by atoms with Crippen molar-refractivity contribution in [2.45, 2.75) is 33.2 Å². The maximum absolute atomic E-state index is 6.08. The van der Waals surface area contributed by atoms with Gasteiger partial charge in [0.1, 0.15) is 11.5 Å². The molecule has 2 aromatic carbocycles. The Morgan fingerprint density at radius 3 is 2.60 bits per heavy atom. The summed E-state index contributed by atoms with van der Waals surface area (Å²) in [6.07, 6.45) is 0.761. The van der Waals surface area contributed by atoms with Crippen LogP contribution in [0, 0.1) is 13.8 Å². The predicted octanol–water partition coefficient (Wildman–Crippen LogP) is 4.64. The van der Waals surface area contributed by atoms with E-state index >= 15 is 0 Å². The van der Waals surface area contributed by atoms with Crippen molar-refractivity contribution in [1.29, 1.82) is 0 Å². The molecule has 1 atom stereocenters. The van der Waals surface area contributed by atoms with E-state index in [1.54, 1.807) is 0 Å². The van der Waals surface area contributed by atoms with E-state index in [1.807, 2.05) is 37.3 Å². The van der Waals surface area contributed by atoms with Crippen LogP contribution in [0.15, 0.2) is 36.4 Å². The molecule has 0 aromatic heterocycles. The van der Waals surface area contributed by atoms with Crippen LogP contribution in [0.25, 0.3) is 0 Å². The van der Waals surface area contributed by atoms with Crippen LogP contribution in [0.4, 0.5) is 0 Å². The summed E-state index contributed by atoms with van der Waals surface area (Å²) in [7, 11) is 0. The zero-order valence-electron chi connectivity index (χ0n) is 12.1. The van der Waals surface area contributed by atoms with E-state index in [4.69, 9.17) is 22.1 Å². The molecule has 2 aromatic rings. The molecule has 0 heterocycles. The van der Waals surface area contributed by atoms with E-state index in [9.17, 15) is 0 Å². The molecule has 0 aliphatic heterocycles. The van der Waals surface area contributed by atoms with Gasteiger partial charge in [0, 0.05) is 11.1 Å². The van der Waals surface area contributed by atoms with E-state index in [0.29, 0.717) is 5.02 Å². The van der Waals surface area contributed by atoms with Crippen LogP contribution < -0.4 is 10.5 Å². The number of hydrogen-bond donors (Lipinski definition) is 1. The van der Waals surface area contributed by atoms with Crippen molar-refractivity contribution in [3.63, 3.8) is 0 Å². The van der Waals surface area contributed by atoms with Gasteiger partial charge in [-0.2, -0.15) is 0 Å². The Kier molecular flexibility index (Phi) is 4.69. The first-order chi connectivity index (χ1) is 9.47. The van der Waals surface area contributed by atoms with Crippen LogP contribution in [-0.4, -0.2) is 6.04 Å². The molecule has 1 unspecified atom stereocenters. The molecule has 0 aliphatic carbocycles. The van der Waals surface area contributed by atoms with Crippen molar-refractivity contribution in [2.75, 3.05) is 0 Å². The molecular formula is C17H20ClNO. The van der Waals surface area contributed by atoms with Gasteiger partial charge in [-0.15, -0.1) is 0 Å². The van der Waals surface area contributed by atoms with Crippen molar-refractivity contribution in [3.8, 4) is 11.5 Å². The number of aryl methyl sites for hydroxylation is 1. The third-order valence-electron chi connectivity index (χ3n) is 3.35. The molecule has 0 saturated carbocycles. The van der Waals surface area contributed by atoms with Crippen molar-refractivity contribution in [2.24, 2.45) is 5.73 Å². The summed E-state index contributed by atoms with van der Waals surface area (Å²) in [4.78, 5) is 0. The quantitative estimate of drug-likeness (QED) is 0.890. The SMILES string of the molecule is Cc1cccc(Oc2cc(Cl)ccc2CC(C)N)c1C. The number of nitrogens with two attached hydrogens (primary N) is 1. The lowest BCUT2D eigenvalue weighted by molar-refractivity contribution is 0.470. The predicted molar refractivity (Wildman–Crippen MR) is 84.8 cm³/mol. The summed E-state index contributed by atoms with van der Waals surface area (Å²) in [5.41, 5.74) is 9.31. The van der Waals surface area contributed by atoms with Gasteiger partial charge < -0.3 is 10.5 Å². The molecular weight excluding hydrogens is 270 g/mol. The molecule has 106 valence electrons. The Balaban J connectivity index is 2.36. The van der Waals surface area contributed by atoms with Crippen LogP contribution in [-0.2, 0) is 6.42 Å². The number of hydrogen-bond acceptors (Lipinski definition) is 2. The highest BCUT2D eigenvalue weighted by molar-refractivity contribution is 6.30. The first kappa shape index (κ1) is 14.9. The molecule has 0 radical (unpaired) electrons. The van der Waals surface area contributed by atoms with Gasteiger partial charge >= 0.3 is 0 Å². The lowest BCUT2D eigenvalue weighted by Crippen LogP contribution is -2.18. The van der Waals surface area contributed by atoms with Crippen LogP contribution in [0.5, 0.6) is 11.5 Å². The Morgan fingerprint density at radius 1 is 1.15 bits per heavy atom. The highest BCUT2D eigenvalue weighted by Gasteiger charge is 2.10. The van der Waals surface area contributed by atoms with E-state index < -0.39 is 0 Å². The smallest absolute Gasteiger partial charge is 0.132 e. The zero-order chi connectivity index (χ0) is 14.7. The molecule has 0 spiro atoms. The molecule has 2 rings (SSSR count). The molecule has 0 saturated heterocycles. The van der Waals surface area contributed by atoms with Crippen molar-refractivity contribution < 1.29 is 4.74 Å². The third-order valence-corrected chi connectivity index (χ3v) is 3.58. The lowest BCUT2D eigenvalue weighted by Gasteiger charge is -2.15. The normalized spacial score (nSPS) is 12.2. The van der Waals surface area contributed by atoms with Crippen molar-refractivity contribution >= 4 is 11.6 Å². The maximum atomic E-state index is 6.08. The second-order valence-electron chi connectivity index (χ2n) is 5.23. The monoisotopic (exact) mass is 289 g/mol. The van der Waals surface area contributed by atoms with E-state index in [1.165, 1.54) is 5.56 Å². The van der Waals surface area contributed by atoms with Gasteiger partial charge in [-0.25, -0.2) is 0 Å². The van der Waals surface area contributed by atoms with E-state index in [0.717, 1.165) is 29.0 Å². The number of halogens is 1. The van der Waals surface area contributed by atoms with Crippen LogP contribution in [0.3, 0.4) is 0 Å². The van der Waals surface area contributed by atoms with Crippen molar-refractivity contribution in [1.82, 2.24) is 0 Å². The summed E-state index contributed by atoms with van der Waals surface area (Å²) >= 11 is 6.08. The average Bonchev–Trinajstić information content (AvgIpc) is 2.38. The lowest BCUT2D eigenvalue weighted by atomic mass is 10.1. The van der Waals surface area contributed by atoms with Gasteiger partial charge in [-0.1, -0.05) is 29.8 Å². The topological polar surface area (TPSA) is 35.2 Å². The Bertz CT molecular complexity index is 608. The largest absolute Gasteiger partial charge is 0.457 e. The number of benzene rings is 2. The molecule has 3 heteroatoms. The van der Waals surface area contributed by atoms with Crippen molar-refractivity contribution in [3.05, 3.63) is 58.1 Å². The molecule has 0 bridgehead atoms. The fourth-order valence-electron chi connectivity index (χ4n) is 2.09. The van der Waals surface area contributed by atoms with Gasteiger partial charge in [0.25, 0.3) is 0 Å². The molecule has 0 amide bonds. The summed E-state index contributed by atoms with van der Waals surface area (Å²) in [6, 6.07) is 11.8. The fraction of sp³-hybridized carbons (Fsp3) is 0.294. The average molecular weight is 290 g/mol. The van der Waals surface area contributed by atoms with E-state index in [2.05, 4.69) is 19.9 Å². The van der Waals surface area contributed by atoms with Gasteiger partial charge in [0.2, 0.25) is 0 Å². The molecule has 2 nitrogen and oxygen atoms in total. The van der Waals surface area contributed by atoms with Gasteiger partial charge in [-0.3, -0.25) is 0 Å².